The smallest absolute Gasteiger partial charge is 0.220 e. The van der Waals surface area contributed by atoms with Gasteiger partial charge in [-0.25, -0.2) is 0 Å². The van der Waals surface area contributed by atoms with Crippen LogP contribution in [-0.2, 0) is 33.2 Å². The number of aliphatic hydroxyl groups excluding tert-OH is 11. The highest BCUT2D eigenvalue weighted by molar-refractivity contribution is 5.76. The summed E-state index contributed by atoms with van der Waals surface area (Å²) in [4.78, 5) is 13.5. The predicted molar refractivity (Wildman–Crippen MR) is 447 cm³/mol. The van der Waals surface area contributed by atoms with Crippen molar-refractivity contribution in [3.8, 4) is 0 Å². The second-order valence-electron chi connectivity index (χ2n) is 31.7. The first-order valence-electron chi connectivity index (χ1n) is 45.0. The lowest BCUT2D eigenvalue weighted by Crippen LogP contribution is -2.66. The van der Waals surface area contributed by atoms with Crippen molar-refractivity contribution >= 4 is 5.91 Å². The van der Waals surface area contributed by atoms with Gasteiger partial charge in [0.25, 0.3) is 0 Å². The summed E-state index contributed by atoms with van der Waals surface area (Å²) in [5, 5.41) is 121. The molecule has 19 nitrogen and oxygen atoms in total. The van der Waals surface area contributed by atoms with E-state index in [1.54, 1.807) is 6.08 Å². The lowest BCUT2D eigenvalue weighted by molar-refractivity contribution is -0.379. The van der Waals surface area contributed by atoms with E-state index in [1.807, 2.05) is 6.08 Å². The molecule has 3 fully saturated rings. The molecule has 19 heteroatoms. The summed E-state index contributed by atoms with van der Waals surface area (Å²) in [6, 6.07) is -1.00. The molecule has 3 aliphatic rings. The zero-order valence-corrected chi connectivity index (χ0v) is 69.4. The van der Waals surface area contributed by atoms with Crippen molar-refractivity contribution < 1.29 is 89.4 Å². The van der Waals surface area contributed by atoms with Gasteiger partial charge in [-0.15, -0.1) is 0 Å². The molecule has 17 atom stereocenters. The second-order valence-corrected chi connectivity index (χ2v) is 31.7. The Balaban J connectivity index is 1.32. The molecule has 644 valence electrons. The Morgan fingerprint density at radius 1 is 0.333 bits per heavy atom. The Morgan fingerprint density at radius 3 is 1.01 bits per heavy atom. The Morgan fingerprint density at radius 2 is 0.631 bits per heavy atom. The highest BCUT2D eigenvalue weighted by Gasteiger charge is 2.54. The van der Waals surface area contributed by atoms with Crippen LogP contribution in [0.5, 0.6) is 0 Å². The van der Waals surface area contributed by atoms with Crippen LogP contribution < -0.4 is 5.32 Å². The zero-order chi connectivity index (χ0) is 80.3. The number of aliphatic hydroxyl groups is 11. The fourth-order valence-corrected chi connectivity index (χ4v) is 14.7. The van der Waals surface area contributed by atoms with Crippen LogP contribution >= 0.6 is 0 Å². The van der Waals surface area contributed by atoms with E-state index in [-0.39, 0.29) is 18.9 Å². The van der Waals surface area contributed by atoms with Gasteiger partial charge in [-0.05, 0) is 89.9 Å². The first kappa shape index (κ1) is 102. The number of allylic oxidation sites excluding steroid dienone is 15. The number of hydrogen-bond acceptors (Lipinski definition) is 18. The number of rotatable bonds is 72. The van der Waals surface area contributed by atoms with Gasteiger partial charge in [0.1, 0.15) is 73.2 Å². The molecule has 3 rings (SSSR count). The summed E-state index contributed by atoms with van der Waals surface area (Å²) in [7, 11) is 0. The van der Waals surface area contributed by atoms with Gasteiger partial charge in [0.05, 0.1) is 38.6 Å². The lowest BCUT2D eigenvalue weighted by atomic mass is 9.96. The van der Waals surface area contributed by atoms with E-state index in [4.69, 9.17) is 28.4 Å². The minimum Gasteiger partial charge on any atom is -0.394 e. The van der Waals surface area contributed by atoms with Crippen LogP contribution in [-0.4, -0.2) is 193 Å². The molecule has 3 aliphatic heterocycles. The number of carbonyl (C=O) groups is 1. The Bertz CT molecular complexity index is 2380. The molecule has 0 aromatic rings. The summed E-state index contributed by atoms with van der Waals surface area (Å²) in [5.74, 6) is -0.285. The second kappa shape index (κ2) is 70.9. The van der Waals surface area contributed by atoms with E-state index in [0.29, 0.717) is 12.8 Å². The van der Waals surface area contributed by atoms with Gasteiger partial charge in [-0.2, -0.15) is 0 Å². The van der Waals surface area contributed by atoms with Crippen LogP contribution in [0.2, 0.25) is 0 Å². The minimum absolute atomic E-state index is 0.232. The number of amides is 1. The summed E-state index contributed by atoms with van der Waals surface area (Å²) in [5.41, 5.74) is 0. The summed E-state index contributed by atoms with van der Waals surface area (Å²) >= 11 is 0. The molecule has 1 amide bonds. The number of carbonyl (C=O) groups excluding carboxylic acids is 1. The van der Waals surface area contributed by atoms with Crippen molar-refractivity contribution in [3.63, 3.8) is 0 Å². The van der Waals surface area contributed by atoms with Gasteiger partial charge in [0, 0.05) is 6.42 Å². The Kier molecular flexibility index (Phi) is 65.1. The molecule has 0 aromatic carbocycles. The number of hydrogen-bond donors (Lipinski definition) is 12. The van der Waals surface area contributed by atoms with Gasteiger partial charge in [0.15, 0.2) is 18.9 Å². The van der Waals surface area contributed by atoms with E-state index in [9.17, 15) is 61.0 Å². The molecule has 3 heterocycles. The summed E-state index contributed by atoms with van der Waals surface area (Å²) < 4.78 is 34.5. The van der Waals surface area contributed by atoms with Crippen molar-refractivity contribution in [2.45, 2.75) is 452 Å². The Labute approximate surface area is 673 Å². The molecule has 0 aromatic heterocycles. The van der Waals surface area contributed by atoms with Crippen molar-refractivity contribution in [2.24, 2.45) is 0 Å². The average Bonchev–Trinajstić information content (AvgIpc) is 0.780. The maximum absolute atomic E-state index is 13.5. The van der Waals surface area contributed by atoms with Crippen LogP contribution in [0.15, 0.2) is 97.2 Å². The number of unbranched alkanes of at least 4 members (excludes halogenated alkanes) is 42. The van der Waals surface area contributed by atoms with E-state index in [0.717, 1.165) is 77.0 Å². The third kappa shape index (κ3) is 49.5. The monoisotopic (exact) mass is 1570 g/mol. The van der Waals surface area contributed by atoms with Crippen LogP contribution in [0.4, 0.5) is 0 Å². The van der Waals surface area contributed by atoms with Gasteiger partial charge >= 0.3 is 0 Å². The van der Waals surface area contributed by atoms with Gasteiger partial charge < -0.3 is 89.9 Å². The van der Waals surface area contributed by atoms with Crippen LogP contribution in [0.3, 0.4) is 0 Å². The molecule has 0 bridgehead atoms. The van der Waals surface area contributed by atoms with Crippen LogP contribution in [0.25, 0.3) is 0 Å². The molecule has 3 saturated heterocycles. The first-order chi connectivity index (χ1) is 54.3. The van der Waals surface area contributed by atoms with Gasteiger partial charge in [0.2, 0.25) is 5.91 Å². The van der Waals surface area contributed by atoms with Gasteiger partial charge in [-0.1, -0.05) is 349 Å². The fraction of sp³-hybridized carbons (Fsp3) is 0.815. The van der Waals surface area contributed by atoms with E-state index in [2.05, 4.69) is 104 Å². The quantitative estimate of drug-likeness (QED) is 0.0199. The summed E-state index contributed by atoms with van der Waals surface area (Å²) in [6.07, 6.45) is 71.4. The lowest BCUT2D eigenvalue weighted by Gasteiger charge is -2.48. The number of nitrogens with one attached hydrogen (secondary N) is 1. The first-order valence-corrected chi connectivity index (χ1v) is 45.0. The van der Waals surface area contributed by atoms with Crippen molar-refractivity contribution in [2.75, 3.05) is 26.4 Å². The largest absolute Gasteiger partial charge is 0.394 e. The average molecular weight is 1570 g/mol. The topological polar surface area (TPSA) is 307 Å². The maximum atomic E-state index is 13.5. The standard InChI is InChI=1S/C92H163NO18/c1-3-5-7-9-11-13-15-17-19-21-23-25-27-29-31-32-33-34-35-36-37-38-39-40-41-42-44-46-48-50-52-54-56-58-60-62-64-66-68-70-80(98)93-75(76(97)69-67-65-63-61-59-57-55-53-51-49-47-45-43-30-28-26-24-22-20-18-16-14-12-10-8-6-4-2)74-106-90-86(104)83(101)88(78(72-95)108-90)111-92-87(105)84(102)89(79(73-96)109-92)110-91-85(103)82(100)81(99)77(71-94)107-91/h5,7,11,13,17,19,23,25,29,31,51,53,59,61,67,69,75-79,81-92,94-97,99-105H,3-4,6,8-10,12,14-16,18,20-22,24,26-28,30,32-50,52,54-58,60,62-66,68,70-74H2,1-2H3,(H,93,98)/b7-5-,13-11-,19-17-,25-23-,31-29-,53-51+,61-59+,69-67+. The van der Waals surface area contributed by atoms with E-state index >= 15 is 0 Å². The highest BCUT2D eigenvalue weighted by atomic mass is 16.8. The molecule has 0 radical (unpaired) electrons. The third-order valence-electron chi connectivity index (χ3n) is 21.8. The van der Waals surface area contributed by atoms with Crippen molar-refractivity contribution in [1.82, 2.24) is 5.32 Å². The van der Waals surface area contributed by atoms with Crippen molar-refractivity contribution in [3.05, 3.63) is 97.2 Å². The molecule has 111 heavy (non-hydrogen) atoms. The predicted octanol–water partition coefficient (Wildman–Crippen LogP) is 17.1. The molecule has 12 N–H and O–H groups in total. The highest BCUT2D eigenvalue weighted by Crippen LogP contribution is 2.33. The van der Waals surface area contributed by atoms with E-state index < -0.39 is 124 Å². The molecule has 0 spiro atoms. The number of ether oxygens (including phenoxy) is 6. The van der Waals surface area contributed by atoms with E-state index in [1.165, 1.54) is 238 Å². The van der Waals surface area contributed by atoms with Crippen LogP contribution in [0, 0.1) is 0 Å². The molecular formula is C92H163NO18. The molecule has 0 saturated carbocycles. The normalized spacial score (nSPS) is 25.5. The van der Waals surface area contributed by atoms with Gasteiger partial charge in [-0.3, -0.25) is 4.79 Å². The molecular weight excluding hydrogens is 1410 g/mol. The zero-order valence-electron chi connectivity index (χ0n) is 69.4. The SMILES string of the molecule is CC/C=C\C/C=C\C/C=C\C/C=C\C/C=C\CCCCCCCCCCCCCCCCCCCCCCCCCC(=O)NC(COC1OC(CO)C(OC2OC(CO)C(OC3OC(CO)C(O)C(O)C3O)C(O)C2O)C(O)C1O)C(O)/C=C/CC/C=C/CC/C=C/CCCCCCCCCCCCCCCCCCC. The van der Waals surface area contributed by atoms with Crippen LogP contribution in [0.1, 0.15) is 348 Å². The maximum Gasteiger partial charge on any atom is 0.220 e. The third-order valence-corrected chi connectivity index (χ3v) is 21.8. The Hall–Kier alpha value is -3.29. The molecule has 0 aliphatic carbocycles. The van der Waals surface area contributed by atoms with Crippen molar-refractivity contribution in [1.29, 1.82) is 0 Å². The summed E-state index contributed by atoms with van der Waals surface area (Å²) in [6.45, 7) is 1.64. The minimum atomic E-state index is -1.99. The fourth-order valence-electron chi connectivity index (χ4n) is 14.7. The molecule has 17 unspecified atom stereocenters.